The second kappa shape index (κ2) is 6.44. The Balaban J connectivity index is 1.53. The van der Waals surface area contributed by atoms with Crippen LogP contribution in [0.15, 0.2) is 42.5 Å². The van der Waals surface area contributed by atoms with Gasteiger partial charge in [-0.15, -0.1) is 0 Å². The van der Waals surface area contributed by atoms with Crippen molar-refractivity contribution in [3.63, 3.8) is 0 Å². The van der Waals surface area contributed by atoms with Crippen molar-refractivity contribution in [1.29, 1.82) is 0 Å². The maximum absolute atomic E-state index is 12.5. The van der Waals surface area contributed by atoms with Gasteiger partial charge in [-0.3, -0.25) is 9.59 Å². The number of aliphatic carboxylic acids is 1. The maximum Gasteiger partial charge on any atom is 0.326 e. The van der Waals surface area contributed by atoms with Crippen LogP contribution in [0.2, 0.25) is 0 Å². The fourth-order valence-corrected chi connectivity index (χ4v) is 3.64. The minimum absolute atomic E-state index is 0.0164. The predicted octanol–water partition coefficient (Wildman–Crippen LogP) is 2.17. The first-order valence-electron chi connectivity index (χ1n) is 8.86. The molecule has 0 spiro atoms. The van der Waals surface area contributed by atoms with Crippen molar-refractivity contribution < 1.29 is 19.5 Å². The molecule has 1 saturated heterocycles. The molecule has 0 bridgehead atoms. The zero-order valence-corrected chi connectivity index (χ0v) is 14.2. The van der Waals surface area contributed by atoms with Crippen molar-refractivity contribution in [2.75, 3.05) is 11.4 Å². The zero-order valence-electron chi connectivity index (χ0n) is 14.2. The first-order chi connectivity index (χ1) is 12.5. The van der Waals surface area contributed by atoms with E-state index < -0.39 is 17.9 Å². The molecule has 4 rings (SSSR count). The zero-order chi connectivity index (χ0) is 18.3. The molecule has 0 radical (unpaired) electrons. The van der Waals surface area contributed by atoms with Crippen LogP contribution in [0.5, 0.6) is 0 Å². The van der Waals surface area contributed by atoms with Crippen LogP contribution < -0.4 is 10.2 Å². The highest BCUT2D eigenvalue weighted by molar-refractivity contribution is 6.07. The smallest absolute Gasteiger partial charge is 0.326 e. The molecule has 0 aromatic heterocycles. The van der Waals surface area contributed by atoms with Crippen molar-refractivity contribution >= 4 is 34.2 Å². The molecular formula is C20H20N2O4. The number of carbonyl (C=O) groups is 3. The van der Waals surface area contributed by atoms with Crippen molar-refractivity contribution in [3.8, 4) is 0 Å². The summed E-state index contributed by atoms with van der Waals surface area (Å²) in [6.45, 7) is 0.273. The summed E-state index contributed by atoms with van der Waals surface area (Å²) in [7, 11) is 0. The molecule has 2 unspecified atom stereocenters. The van der Waals surface area contributed by atoms with Crippen LogP contribution in [0.4, 0.5) is 5.69 Å². The summed E-state index contributed by atoms with van der Waals surface area (Å²) >= 11 is 0. The van der Waals surface area contributed by atoms with E-state index in [4.69, 9.17) is 0 Å². The summed E-state index contributed by atoms with van der Waals surface area (Å²) in [6.07, 6.45) is 1.75. The highest BCUT2D eigenvalue weighted by Gasteiger charge is 2.41. The molecule has 134 valence electrons. The second-order valence-corrected chi connectivity index (χ2v) is 7.07. The first-order valence-corrected chi connectivity index (χ1v) is 8.86. The molecule has 2 aromatic rings. The van der Waals surface area contributed by atoms with E-state index in [9.17, 15) is 19.5 Å². The van der Waals surface area contributed by atoms with Gasteiger partial charge >= 0.3 is 5.97 Å². The fraction of sp³-hybridized carbons (Fsp3) is 0.350. The van der Waals surface area contributed by atoms with Crippen LogP contribution in [0.1, 0.15) is 19.3 Å². The average molecular weight is 352 g/mol. The molecular weight excluding hydrogens is 332 g/mol. The van der Waals surface area contributed by atoms with Crippen LogP contribution in [0.3, 0.4) is 0 Å². The summed E-state index contributed by atoms with van der Waals surface area (Å²) in [6, 6.07) is 12.7. The van der Waals surface area contributed by atoms with Gasteiger partial charge in [-0.1, -0.05) is 36.4 Å². The van der Waals surface area contributed by atoms with E-state index in [-0.39, 0.29) is 30.7 Å². The number of nitrogens with zero attached hydrogens (tertiary/aromatic N) is 1. The number of nitrogens with one attached hydrogen (secondary N) is 1. The van der Waals surface area contributed by atoms with Crippen molar-refractivity contribution in [3.05, 3.63) is 42.5 Å². The quantitative estimate of drug-likeness (QED) is 0.863. The lowest BCUT2D eigenvalue weighted by Gasteiger charge is -2.20. The Morgan fingerprint density at radius 2 is 1.85 bits per heavy atom. The van der Waals surface area contributed by atoms with Crippen LogP contribution in [-0.2, 0) is 14.4 Å². The summed E-state index contributed by atoms with van der Waals surface area (Å²) in [4.78, 5) is 38.0. The lowest BCUT2D eigenvalue weighted by molar-refractivity contribution is -0.143. The molecule has 6 nitrogen and oxygen atoms in total. The lowest BCUT2D eigenvalue weighted by atomic mass is 10.1. The van der Waals surface area contributed by atoms with Gasteiger partial charge in [0.2, 0.25) is 11.8 Å². The van der Waals surface area contributed by atoms with Gasteiger partial charge in [0.15, 0.2) is 0 Å². The van der Waals surface area contributed by atoms with Crippen molar-refractivity contribution in [1.82, 2.24) is 5.32 Å². The van der Waals surface area contributed by atoms with Crippen LogP contribution in [-0.4, -0.2) is 35.5 Å². The normalized spacial score (nSPS) is 21.0. The summed E-state index contributed by atoms with van der Waals surface area (Å²) in [5.74, 6) is -1.97. The molecule has 2 aromatic carbocycles. The van der Waals surface area contributed by atoms with Crippen LogP contribution in [0, 0.1) is 11.8 Å². The summed E-state index contributed by atoms with van der Waals surface area (Å²) in [5, 5.41) is 13.9. The highest BCUT2D eigenvalue weighted by Crippen LogP contribution is 2.34. The molecule has 2 atom stereocenters. The molecule has 2 aliphatic rings. The van der Waals surface area contributed by atoms with E-state index >= 15 is 0 Å². The third-order valence-corrected chi connectivity index (χ3v) is 5.21. The Hall–Kier alpha value is -2.89. The number of amides is 2. The van der Waals surface area contributed by atoms with Gasteiger partial charge in [0.1, 0.15) is 6.04 Å². The fourth-order valence-electron chi connectivity index (χ4n) is 3.64. The van der Waals surface area contributed by atoms with E-state index in [0.29, 0.717) is 0 Å². The number of fused-ring (bicyclic) bond motifs is 1. The minimum Gasteiger partial charge on any atom is -0.480 e. The number of carbonyl (C=O) groups excluding carboxylic acids is 2. The second-order valence-electron chi connectivity index (χ2n) is 7.07. The molecule has 1 aliphatic carbocycles. The Morgan fingerprint density at radius 1 is 1.12 bits per heavy atom. The molecule has 1 aliphatic heterocycles. The van der Waals surface area contributed by atoms with Gasteiger partial charge in [0.25, 0.3) is 0 Å². The summed E-state index contributed by atoms with van der Waals surface area (Å²) < 4.78 is 0. The number of carboxylic acids is 1. The lowest BCUT2D eigenvalue weighted by Crippen LogP contribution is -2.45. The number of anilines is 1. The van der Waals surface area contributed by atoms with Gasteiger partial charge in [-0.05, 0) is 30.2 Å². The standard InChI is InChI=1S/C20H20N2O4/c23-17-10-14(19(24)21-18(20(25)26)13-8-9-13)11-22(17)16-7-3-5-12-4-1-2-6-15(12)16/h1-7,13-14,18H,8-11H2,(H,21,24)(H,25,26). The number of rotatable bonds is 5. The van der Waals surface area contributed by atoms with Crippen molar-refractivity contribution in [2.45, 2.75) is 25.3 Å². The SMILES string of the molecule is O=C(NC(C(=O)O)C1CC1)C1CC(=O)N(c2cccc3ccccc23)C1. The minimum atomic E-state index is -1.00. The topological polar surface area (TPSA) is 86.7 Å². The average Bonchev–Trinajstić information content (AvgIpc) is 3.40. The molecule has 1 saturated carbocycles. The van der Waals surface area contributed by atoms with Crippen LogP contribution in [0.25, 0.3) is 10.8 Å². The van der Waals surface area contributed by atoms with Gasteiger partial charge in [-0.25, -0.2) is 4.79 Å². The molecule has 2 N–H and O–H groups in total. The number of hydrogen-bond acceptors (Lipinski definition) is 3. The van der Waals surface area contributed by atoms with E-state index in [1.54, 1.807) is 4.90 Å². The Kier molecular flexibility index (Phi) is 4.11. The Morgan fingerprint density at radius 3 is 2.58 bits per heavy atom. The van der Waals surface area contributed by atoms with E-state index in [1.807, 2.05) is 42.5 Å². The number of carboxylic acid groups (broad SMARTS) is 1. The largest absolute Gasteiger partial charge is 0.480 e. The Labute approximate surface area is 150 Å². The number of benzene rings is 2. The van der Waals surface area contributed by atoms with Crippen molar-refractivity contribution in [2.24, 2.45) is 11.8 Å². The molecule has 26 heavy (non-hydrogen) atoms. The van der Waals surface area contributed by atoms with E-state index in [1.165, 1.54) is 0 Å². The third-order valence-electron chi connectivity index (χ3n) is 5.21. The molecule has 2 amide bonds. The summed E-state index contributed by atoms with van der Waals surface area (Å²) in [5.41, 5.74) is 0.792. The van der Waals surface area contributed by atoms with Crippen LogP contribution >= 0.6 is 0 Å². The molecule has 6 heteroatoms. The molecule has 1 heterocycles. The predicted molar refractivity (Wildman–Crippen MR) is 96.7 cm³/mol. The maximum atomic E-state index is 12.5. The number of hydrogen-bond donors (Lipinski definition) is 2. The highest BCUT2D eigenvalue weighted by atomic mass is 16.4. The van der Waals surface area contributed by atoms with Gasteiger partial charge in [0, 0.05) is 18.4 Å². The first kappa shape index (κ1) is 16.6. The third kappa shape index (κ3) is 3.03. The van der Waals surface area contributed by atoms with E-state index in [0.717, 1.165) is 29.3 Å². The molecule has 2 fully saturated rings. The monoisotopic (exact) mass is 352 g/mol. The van der Waals surface area contributed by atoms with Gasteiger partial charge in [-0.2, -0.15) is 0 Å². The van der Waals surface area contributed by atoms with E-state index in [2.05, 4.69) is 5.32 Å². The Bertz CT molecular complexity index is 885. The van der Waals surface area contributed by atoms with Gasteiger partial charge < -0.3 is 15.3 Å². The van der Waals surface area contributed by atoms with Gasteiger partial charge in [0.05, 0.1) is 11.6 Å².